The van der Waals surface area contributed by atoms with E-state index in [0.717, 1.165) is 12.0 Å². The van der Waals surface area contributed by atoms with Crippen molar-refractivity contribution in [3.63, 3.8) is 0 Å². The molecule has 0 aromatic heterocycles. The summed E-state index contributed by atoms with van der Waals surface area (Å²) in [5, 5.41) is 0. The molecule has 0 spiro atoms. The Morgan fingerprint density at radius 2 is 2.00 bits per heavy atom. The largest absolute Gasteiger partial charge is 0.468 e. The summed E-state index contributed by atoms with van der Waals surface area (Å²) in [5.41, 5.74) is 1.52. The SMILES string of the molecule is CCc1cc(OCOC)cc(C(=O)OC)c1. The fourth-order valence-corrected chi connectivity index (χ4v) is 1.31. The Balaban J connectivity index is 2.96. The molecule has 0 N–H and O–H groups in total. The number of carbonyl (C=O) groups is 1. The first kappa shape index (κ1) is 12.5. The van der Waals surface area contributed by atoms with E-state index in [2.05, 4.69) is 4.74 Å². The highest BCUT2D eigenvalue weighted by molar-refractivity contribution is 5.90. The minimum absolute atomic E-state index is 0.160. The highest BCUT2D eigenvalue weighted by Gasteiger charge is 2.08. The average Bonchev–Trinajstić information content (AvgIpc) is 2.34. The zero-order valence-electron chi connectivity index (χ0n) is 9.78. The van der Waals surface area contributed by atoms with E-state index in [-0.39, 0.29) is 12.8 Å². The molecule has 4 nitrogen and oxygen atoms in total. The van der Waals surface area contributed by atoms with Gasteiger partial charge in [-0.1, -0.05) is 6.92 Å². The Morgan fingerprint density at radius 1 is 1.25 bits per heavy atom. The Bertz CT molecular complexity index is 360. The molecule has 88 valence electrons. The molecule has 0 unspecified atom stereocenters. The maximum atomic E-state index is 11.4. The summed E-state index contributed by atoms with van der Waals surface area (Å²) >= 11 is 0. The second kappa shape index (κ2) is 6.12. The van der Waals surface area contributed by atoms with Crippen LogP contribution in [0.25, 0.3) is 0 Å². The van der Waals surface area contributed by atoms with Crippen LogP contribution in [0.2, 0.25) is 0 Å². The average molecular weight is 224 g/mol. The molecule has 0 saturated heterocycles. The second-order valence-corrected chi connectivity index (χ2v) is 3.26. The monoisotopic (exact) mass is 224 g/mol. The summed E-state index contributed by atoms with van der Waals surface area (Å²) in [6, 6.07) is 5.32. The summed E-state index contributed by atoms with van der Waals surface area (Å²) < 4.78 is 14.8. The van der Waals surface area contributed by atoms with Crippen LogP contribution in [-0.2, 0) is 15.9 Å². The molecule has 4 heteroatoms. The molecule has 0 fully saturated rings. The standard InChI is InChI=1S/C12H16O4/c1-4-9-5-10(12(13)15-3)7-11(6-9)16-8-14-2/h5-7H,4,8H2,1-3H3. The van der Waals surface area contributed by atoms with Gasteiger partial charge in [-0.15, -0.1) is 0 Å². The van der Waals surface area contributed by atoms with Gasteiger partial charge in [-0.2, -0.15) is 0 Å². The molecule has 1 aromatic rings. The fraction of sp³-hybridized carbons (Fsp3) is 0.417. The molecule has 16 heavy (non-hydrogen) atoms. The van der Waals surface area contributed by atoms with Crippen molar-refractivity contribution in [2.24, 2.45) is 0 Å². The van der Waals surface area contributed by atoms with E-state index in [4.69, 9.17) is 9.47 Å². The molecule has 0 saturated carbocycles. The maximum absolute atomic E-state index is 11.4. The zero-order chi connectivity index (χ0) is 12.0. The van der Waals surface area contributed by atoms with Gasteiger partial charge >= 0.3 is 5.97 Å². The molecule has 0 aliphatic rings. The number of aryl methyl sites for hydroxylation is 1. The van der Waals surface area contributed by atoms with Gasteiger partial charge in [-0.3, -0.25) is 0 Å². The van der Waals surface area contributed by atoms with Crippen molar-refractivity contribution in [2.75, 3.05) is 21.0 Å². The molecular weight excluding hydrogens is 208 g/mol. The van der Waals surface area contributed by atoms with Crippen LogP contribution in [0.5, 0.6) is 5.75 Å². The lowest BCUT2D eigenvalue weighted by molar-refractivity contribution is 0.0503. The molecule has 0 amide bonds. The highest BCUT2D eigenvalue weighted by Crippen LogP contribution is 2.18. The van der Waals surface area contributed by atoms with Crippen molar-refractivity contribution < 1.29 is 19.0 Å². The lowest BCUT2D eigenvalue weighted by Crippen LogP contribution is -2.04. The number of rotatable bonds is 5. The van der Waals surface area contributed by atoms with Gasteiger partial charge in [-0.25, -0.2) is 4.79 Å². The first-order valence-electron chi connectivity index (χ1n) is 5.05. The maximum Gasteiger partial charge on any atom is 0.337 e. The van der Waals surface area contributed by atoms with E-state index in [1.165, 1.54) is 7.11 Å². The first-order chi connectivity index (χ1) is 7.71. The number of hydrogen-bond acceptors (Lipinski definition) is 4. The number of benzene rings is 1. The van der Waals surface area contributed by atoms with Crippen LogP contribution in [0.4, 0.5) is 0 Å². The van der Waals surface area contributed by atoms with Crippen molar-refractivity contribution in [3.05, 3.63) is 29.3 Å². The van der Waals surface area contributed by atoms with Crippen LogP contribution in [0, 0.1) is 0 Å². The lowest BCUT2D eigenvalue weighted by atomic mass is 10.1. The Morgan fingerprint density at radius 3 is 2.56 bits per heavy atom. The van der Waals surface area contributed by atoms with E-state index >= 15 is 0 Å². The third kappa shape index (κ3) is 3.24. The third-order valence-corrected chi connectivity index (χ3v) is 2.14. The summed E-state index contributed by atoms with van der Waals surface area (Å²) in [6.07, 6.45) is 0.828. The van der Waals surface area contributed by atoms with Gasteiger partial charge < -0.3 is 14.2 Å². The van der Waals surface area contributed by atoms with Crippen LogP contribution >= 0.6 is 0 Å². The van der Waals surface area contributed by atoms with E-state index in [0.29, 0.717) is 11.3 Å². The lowest BCUT2D eigenvalue weighted by Gasteiger charge is -2.08. The fourth-order valence-electron chi connectivity index (χ4n) is 1.31. The number of ether oxygens (including phenoxy) is 3. The summed E-state index contributed by atoms with van der Waals surface area (Å²) in [7, 11) is 2.90. The third-order valence-electron chi connectivity index (χ3n) is 2.14. The van der Waals surface area contributed by atoms with Gasteiger partial charge in [0.15, 0.2) is 6.79 Å². The minimum atomic E-state index is -0.363. The van der Waals surface area contributed by atoms with Crippen LogP contribution in [-0.4, -0.2) is 27.0 Å². The normalized spacial score (nSPS) is 9.94. The predicted molar refractivity (Wildman–Crippen MR) is 59.7 cm³/mol. The van der Waals surface area contributed by atoms with E-state index < -0.39 is 0 Å². The highest BCUT2D eigenvalue weighted by atomic mass is 16.7. The zero-order valence-corrected chi connectivity index (χ0v) is 9.78. The molecule has 0 bridgehead atoms. The van der Waals surface area contributed by atoms with E-state index in [9.17, 15) is 4.79 Å². The number of hydrogen-bond donors (Lipinski definition) is 0. The van der Waals surface area contributed by atoms with Crippen molar-refractivity contribution in [1.29, 1.82) is 0 Å². The van der Waals surface area contributed by atoms with Gasteiger partial charge in [0.25, 0.3) is 0 Å². The topological polar surface area (TPSA) is 44.8 Å². The van der Waals surface area contributed by atoms with E-state index in [1.807, 2.05) is 13.0 Å². The van der Waals surface area contributed by atoms with Crippen LogP contribution in [0.15, 0.2) is 18.2 Å². The van der Waals surface area contributed by atoms with Crippen LogP contribution < -0.4 is 4.74 Å². The molecule has 0 radical (unpaired) electrons. The molecule has 0 aliphatic heterocycles. The number of methoxy groups -OCH3 is 2. The smallest absolute Gasteiger partial charge is 0.337 e. The van der Waals surface area contributed by atoms with Gasteiger partial charge in [0.1, 0.15) is 5.75 Å². The van der Waals surface area contributed by atoms with Crippen LogP contribution in [0.1, 0.15) is 22.8 Å². The number of esters is 1. The number of carbonyl (C=O) groups excluding carboxylic acids is 1. The van der Waals surface area contributed by atoms with Gasteiger partial charge in [0, 0.05) is 7.11 Å². The Kier molecular flexibility index (Phi) is 4.79. The Labute approximate surface area is 95.1 Å². The minimum Gasteiger partial charge on any atom is -0.468 e. The first-order valence-corrected chi connectivity index (χ1v) is 5.05. The van der Waals surface area contributed by atoms with Gasteiger partial charge in [-0.05, 0) is 30.2 Å². The molecule has 0 heterocycles. The summed E-state index contributed by atoms with van der Waals surface area (Å²) in [4.78, 5) is 11.4. The second-order valence-electron chi connectivity index (χ2n) is 3.26. The van der Waals surface area contributed by atoms with E-state index in [1.54, 1.807) is 19.2 Å². The van der Waals surface area contributed by atoms with Crippen molar-refractivity contribution in [1.82, 2.24) is 0 Å². The molecule has 0 aliphatic carbocycles. The van der Waals surface area contributed by atoms with Gasteiger partial charge in [0.2, 0.25) is 0 Å². The van der Waals surface area contributed by atoms with Crippen molar-refractivity contribution >= 4 is 5.97 Å². The van der Waals surface area contributed by atoms with Gasteiger partial charge in [0.05, 0.1) is 12.7 Å². The molecule has 1 rings (SSSR count). The predicted octanol–water partition coefficient (Wildman–Crippen LogP) is 2.02. The summed E-state index contributed by atoms with van der Waals surface area (Å²) in [6.45, 7) is 2.17. The molecule has 0 atom stereocenters. The van der Waals surface area contributed by atoms with Crippen molar-refractivity contribution in [2.45, 2.75) is 13.3 Å². The molecule has 1 aromatic carbocycles. The summed E-state index contributed by atoms with van der Waals surface area (Å²) in [5.74, 6) is 0.249. The quantitative estimate of drug-likeness (QED) is 0.567. The Hall–Kier alpha value is -1.55. The van der Waals surface area contributed by atoms with Crippen LogP contribution in [0.3, 0.4) is 0 Å². The van der Waals surface area contributed by atoms with Crippen molar-refractivity contribution in [3.8, 4) is 5.75 Å². The molecular formula is C12H16O4.